The predicted octanol–water partition coefficient (Wildman–Crippen LogP) is 4.74. The molecule has 0 radical (unpaired) electrons. The number of thiophene rings is 1. The molecule has 7 nitrogen and oxygen atoms in total. The van der Waals surface area contributed by atoms with Crippen LogP contribution in [0.2, 0.25) is 0 Å². The van der Waals surface area contributed by atoms with Crippen molar-refractivity contribution < 1.29 is 23.9 Å². The van der Waals surface area contributed by atoms with E-state index >= 15 is 0 Å². The van der Waals surface area contributed by atoms with Gasteiger partial charge in [-0.15, -0.1) is 11.3 Å². The van der Waals surface area contributed by atoms with Crippen molar-refractivity contribution in [3.63, 3.8) is 0 Å². The topological polar surface area (TPSA) is 92.8 Å². The van der Waals surface area contributed by atoms with Crippen LogP contribution in [0.3, 0.4) is 0 Å². The molecule has 4 aromatic rings. The molecule has 1 aromatic heterocycles. The van der Waals surface area contributed by atoms with Crippen molar-refractivity contribution in [2.75, 3.05) is 11.5 Å². The zero-order valence-electron chi connectivity index (χ0n) is 18.7. The van der Waals surface area contributed by atoms with Crippen molar-refractivity contribution in [2.24, 2.45) is 0 Å². The summed E-state index contributed by atoms with van der Waals surface area (Å²) >= 11 is 1.53. The maximum absolute atomic E-state index is 13.2. The van der Waals surface area contributed by atoms with E-state index in [1.165, 1.54) is 35.6 Å². The van der Waals surface area contributed by atoms with Crippen LogP contribution < -0.4 is 10.2 Å². The van der Waals surface area contributed by atoms with E-state index in [2.05, 4.69) is 5.32 Å². The summed E-state index contributed by atoms with van der Waals surface area (Å²) in [7, 11) is 0. The van der Waals surface area contributed by atoms with Crippen LogP contribution in [0.1, 0.15) is 48.9 Å². The van der Waals surface area contributed by atoms with Gasteiger partial charge in [-0.3, -0.25) is 14.4 Å². The lowest BCUT2D eigenvalue weighted by Gasteiger charge is -2.27. The van der Waals surface area contributed by atoms with Gasteiger partial charge in [-0.2, -0.15) is 0 Å². The number of imide groups is 1. The number of anilines is 1. The number of carbonyl (C=O) groups excluding carboxylic acids is 4. The average Bonchev–Trinajstić information content (AvgIpc) is 3.42. The molecule has 1 atom stereocenters. The van der Waals surface area contributed by atoms with Crippen molar-refractivity contribution in [1.29, 1.82) is 0 Å². The Morgan fingerprint density at radius 3 is 2.17 bits per heavy atom. The maximum atomic E-state index is 13.2. The highest BCUT2D eigenvalue weighted by Gasteiger charge is 2.33. The fourth-order valence-corrected chi connectivity index (χ4v) is 4.85. The molecule has 35 heavy (non-hydrogen) atoms. The molecule has 0 bridgehead atoms. The first-order valence-corrected chi connectivity index (χ1v) is 11.8. The number of ether oxygens (including phenoxy) is 1. The van der Waals surface area contributed by atoms with Crippen LogP contribution in [-0.4, -0.2) is 30.3 Å². The summed E-state index contributed by atoms with van der Waals surface area (Å²) in [5, 5.41) is 6.18. The Morgan fingerprint density at radius 2 is 1.57 bits per heavy atom. The summed E-state index contributed by atoms with van der Waals surface area (Å²) in [6, 6.07) is 20.3. The first-order chi connectivity index (χ1) is 16.9. The van der Waals surface area contributed by atoms with E-state index in [9.17, 15) is 19.2 Å². The highest BCUT2D eigenvalue weighted by atomic mass is 32.1. The number of carbonyl (C=O) groups is 4. The Bertz CT molecular complexity index is 1410. The molecular weight excluding hydrogens is 464 g/mol. The number of esters is 1. The van der Waals surface area contributed by atoms with E-state index in [0.717, 1.165) is 15.2 Å². The van der Waals surface area contributed by atoms with Gasteiger partial charge in [-0.1, -0.05) is 30.3 Å². The standard InChI is InChI=1S/C27H20N2O5S/c1-16(22-9-4-14-35-22)28-23(30)15-34-27(33)18-10-12-19(13-11-18)29-25(31)20-7-2-5-17-6-3-8-21(24(17)20)26(29)32/h2-14,16H,15H2,1H3,(H,28,30). The summed E-state index contributed by atoms with van der Waals surface area (Å²) in [6.07, 6.45) is 0. The smallest absolute Gasteiger partial charge is 0.338 e. The van der Waals surface area contributed by atoms with E-state index < -0.39 is 30.3 Å². The predicted molar refractivity (Wildman–Crippen MR) is 133 cm³/mol. The summed E-state index contributed by atoms with van der Waals surface area (Å²) in [5.41, 5.74) is 1.44. The number of benzene rings is 3. The number of rotatable bonds is 6. The molecule has 0 saturated heterocycles. The van der Waals surface area contributed by atoms with Crippen LogP contribution in [0.4, 0.5) is 5.69 Å². The number of hydrogen-bond acceptors (Lipinski definition) is 6. The largest absolute Gasteiger partial charge is 0.452 e. The van der Waals surface area contributed by atoms with Crippen LogP contribution in [0.5, 0.6) is 0 Å². The second-order valence-electron chi connectivity index (χ2n) is 8.08. The quantitative estimate of drug-likeness (QED) is 0.315. The molecule has 0 aliphatic carbocycles. The highest BCUT2D eigenvalue weighted by Crippen LogP contribution is 2.32. The summed E-state index contributed by atoms with van der Waals surface area (Å²) < 4.78 is 5.13. The summed E-state index contributed by atoms with van der Waals surface area (Å²) in [4.78, 5) is 53.0. The fraction of sp³-hybridized carbons (Fsp3) is 0.111. The van der Waals surface area contributed by atoms with Gasteiger partial charge < -0.3 is 10.1 Å². The van der Waals surface area contributed by atoms with E-state index in [4.69, 9.17) is 4.74 Å². The Morgan fingerprint density at radius 1 is 0.914 bits per heavy atom. The minimum Gasteiger partial charge on any atom is -0.452 e. The molecule has 0 saturated carbocycles. The number of nitrogens with zero attached hydrogens (tertiary/aromatic N) is 1. The van der Waals surface area contributed by atoms with E-state index in [0.29, 0.717) is 22.2 Å². The zero-order valence-corrected chi connectivity index (χ0v) is 19.5. The molecule has 3 aromatic carbocycles. The summed E-state index contributed by atoms with van der Waals surface area (Å²) in [5.74, 6) is -1.94. The maximum Gasteiger partial charge on any atom is 0.338 e. The van der Waals surface area contributed by atoms with Crippen LogP contribution >= 0.6 is 11.3 Å². The zero-order chi connectivity index (χ0) is 24.5. The molecule has 2 heterocycles. The Hall–Kier alpha value is -4.30. The van der Waals surface area contributed by atoms with E-state index in [-0.39, 0.29) is 11.6 Å². The van der Waals surface area contributed by atoms with Gasteiger partial charge in [-0.05, 0) is 60.2 Å². The van der Waals surface area contributed by atoms with Crippen LogP contribution in [-0.2, 0) is 9.53 Å². The van der Waals surface area contributed by atoms with Gasteiger partial charge in [0.05, 0.1) is 17.3 Å². The number of amides is 3. The first-order valence-electron chi connectivity index (χ1n) is 10.9. The third kappa shape index (κ3) is 4.20. The molecule has 1 unspecified atom stereocenters. The minimum atomic E-state index is -0.679. The normalized spacial score (nSPS) is 13.6. The van der Waals surface area contributed by atoms with Crippen molar-refractivity contribution in [2.45, 2.75) is 13.0 Å². The van der Waals surface area contributed by atoms with Crippen LogP contribution in [0.25, 0.3) is 10.8 Å². The Labute approximate surface area is 204 Å². The molecule has 8 heteroatoms. The lowest BCUT2D eigenvalue weighted by molar-refractivity contribution is -0.124. The molecule has 1 N–H and O–H groups in total. The second kappa shape index (κ2) is 9.15. The SMILES string of the molecule is CC(NC(=O)COC(=O)c1ccc(N2C(=O)c3cccc4cccc(c34)C2=O)cc1)c1cccs1. The van der Waals surface area contributed by atoms with Gasteiger partial charge in [0.15, 0.2) is 6.61 Å². The minimum absolute atomic E-state index is 0.184. The molecule has 1 aliphatic rings. The van der Waals surface area contributed by atoms with E-state index in [1.54, 1.807) is 24.3 Å². The van der Waals surface area contributed by atoms with Gasteiger partial charge in [0.1, 0.15) is 0 Å². The molecule has 3 amide bonds. The van der Waals surface area contributed by atoms with Crippen molar-refractivity contribution in [3.05, 3.63) is 99.7 Å². The third-order valence-corrected chi connectivity index (χ3v) is 6.87. The molecule has 0 spiro atoms. The van der Waals surface area contributed by atoms with Gasteiger partial charge in [0, 0.05) is 21.4 Å². The number of nitrogens with one attached hydrogen (secondary N) is 1. The lowest BCUT2D eigenvalue weighted by atomic mass is 9.94. The van der Waals surface area contributed by atoms with Crippen LogP contribution in [0.15, 0.2) is 78.2 Å². The Kier molecular flexibility index (Phi) is 5.88. The third-order valence-electron chi connectivity index (χ3n) is 5.81. The Balaban J connectivity index is 1.27. The van der Waals surface area contributed by atoms with Crippen LogP contribution in [0, 0.1) is 0 Å². The molecule has 174 valence electrons. The van der Waals surface area contributed by atoms with Crippen molar-refractivity contribution >= 4 is 51.5 Å². The van der Waals surface area contributed by atoms with Crippen molar-refractivity contribution in [1.82, 2.24) is 5.32 Å². The van der Waals surface area contributed by atoms with Gasteiger partial charge in [0.2, 0.25) is 0 Å². The number of hydrogen-bond donors (Lipinski definition) is 1. The molecular formula is C27H20N2O5S. The van der Waals surface area contributed by atoms with Gasteiger partial charge >= 0.3 is 5.97 Å². The highest BCUT2D eigenvalue weighted by molar-refractivity contribution is 7.10. The van der Waals surface area contributed by atoms with Gasteiger partial charge in [-0.25, -0.2) is 9.69 Å². The molecule has 0 fully saturated rings. The summed E-state index contributed by atoms with van der Waals surface area (Å²) in [6.45, 7) is 1.44. The average molecular weight is 485 g/mol. The first kappa shape index (κ1) is 22.5. The fourth-order valence-electron chi connectivity index (χ4n) is 4.12. The molecule has 5 rings (SSSR count). The van der Waals surface area contributed by atoms with Gasteiger partial charge in [0.25, 0.3) is 17.7 Å². The second-order valence-corrected chi connectivity index (χ2v) is 9.06. The lowest BCUT2D eigenvalue weighted by Crippen LogP contribution is -2.40. The molecule has 1 aliphatic heterocycles. The van der Waals surface area contributed by atoms with Crippen molar-refractivity contribution in [3.8, 4) is 0 Å². The monoisotopic (exact) mass is 484 g/mol. The van der Waals surface area contributed by atoms with E-state index in [1.807, 2.05) is 36.6 Å².